The summed E-state index contributed by atoms with van der Waals surface area (Å²) in [6, 6.07) is 11.9. The Hall–Kier alpha value is -1.96. The smallest absolute Gasteiger partial charge is 0.261 e. The molecule has 0 saturated heterocycles. The van der Waals surface area contributed by atoms with E-state index >= 15 is 0 Å². The van der Waals surface area contributed by atoms with Gasteiger partial charge in [0.25, 0.3) is 5.91 Å². The maximum atomic E-state index is 12.8. The molecule has 2 amide bonds. The third kappa shape index (κ3) is 6.58. The molecule has 0 spiro atoms. The molecular weight excluding hydrogens is 408 g/mol. The maximum Gasteiger partial charge on any atom is 0.261 e. The fourth-order valence-electron chi connectivity index (χ4n) is 2.85. The molecule has 3 heterocycles. The fourth-order valence-corrected chi connectivity index (χ4v) is 4.93. The molecule has 0 aliphatic carbocycles. The zero-order valence-corrected chi connectivity index (χ0v) is 18.1. The first-order chi connectivity index (χ1) is 13.7. The molecule has 0 aromatic carbocycles. The number of unbranched alkanes of at least 4 members (excludes halogenated alkanes) is 2. The molecule has 3 aromatic rings. The van der Waals surface area contributed by atoms with Crippen molar-refractivity contribution in [1.29, 1.82) is 0 Å². The van der Waals surface area contributed by atoms with Gasteiger partial charge in [-0.05, 0) is 47.2 Å². The van der Waals surface area contributed by atoms with Gasteiger partial charge in [0, 0.05) is 22.7 Å². The molecule has 0 radical (unpaired) electrons. The zero-order chi connectivity index (χ0) is 19.6. The van der Waals surface area contributed by atoms with Crippen molar-refractivity contribution in [1.82, 2.24) is 10.2 Å². The summed E-state index contributed by atoms with van der Waals surface area (Å²) in [6.07, 6.45) is 3.22. The summed E-state index contributed by atoms with van der Waals surface area (Å²) in [5, 5.41) is 8.93. The third-order valence-corrected chi connectivity index (χ3v) is 6.90. The number of hydrogen-bond acceptors (Lipinski definition) is 5. The van der Waals surface area contributed by atoms with Gasteiger partial charge in [0.15, 0.2) is 0 Å². The summed E-state index contributed by atoms with van der Waals surface area (Å²) in [5.74, 6) is 0.188. The van der Waals surface area contributed by atoms with Gasteiger partial charge in [-0.1, -0.05) is 24.6 Å². The van der Waals surface area contributed by atoms with E-state index in [1.807, 2.05) is 45.3 Å². The van der Waals surface area contributed by atoms with E-state index in [0.717, 1.165) is 24.1 Å². The van der Waals surface area contributed by atoms with Gasteiger partial charge in [0.1, 0.15) is 0 Å². The Morgan fingerprint density at radius 2 is 1.46 bits per heavy atom. The topological polar surface area (TPSA) is 49.4 Å². The van der Waals surface area contributed by atoms with E-state index in [1.54, 1.807) is 22.7 Å². The lowest BCUT2D eigenvalue weighted by molar-refractivity contribution is -0.132. The Labute approximate surface area is 177 Å². The summed E-state index contributed by atoms with van der Waals surface area (Å²) in [7, 11) is 0. The molecule has 28 heavy (non-hydrogen) atoms. The average Bonchev–Trinajstić information content (AvgIpc) is 3.47. The highest BCUT2D eigenvalue weighted by Gasteiger charge is 2.15. The number of nitrogens with zero attached hydrogens (tertiary/aromatic N) is 1. The number of carbonyl (C=O) groups is 2. The van der Waals surface area contributed by atoms with Gasteiger partial charge in [0.2, 0.25) is 5.91 Å². The predicted molar refractivity (Wildman–Crippen MR) is 118 cm³/mol. The molecule has 4 nitrogen and oxygen atoms in total. The summed E-state index contributed by atoms with van der Waals surface area (Å²) in [5.41, 5.74) is 0. The largest absolute Gasteiger partial charge is 0.351 e. The molecule has 0 unspecified atom stereocenters. The highest BCUT2D eigenvalue weighted by molar-refractivity contribution is 7.12. The van der Waals surface area contributed by atoms with Crippen molar-refractivity contribution in [3.8, 4) is 0 Å². The SMILES string of the molecule is O=C(NCCCCCC(=O)N(Cc1cccs1)Cc1cccs1)c1cccs1. The second-order valence-corrected chi connectivity index (χ2v) is 9.46. The van der Waals surface area contributed by atoms with Gasteiger partial charge in [-0.15, -0.1) is 34.0 Å². The Morgan fingerprint density at radius 3 is 2.04 bits per heavy atom. The fraction of sp³-hybridized carbons (Fsp3) is 0.333. The molecule has 0 atom stereocenters. The average molecular weight is 433 g/mol. The minimum absolute atomic E-state index is 0.0100. The number of rotatable bonds is 11. The van der Waals surface area contributed by atoms with Crippen molar-refractivity contribution in [3.05, 3.63) is 67.2 Å². The normalized spacial score (nSPS) is 10.7. The van der Waals surface area contributed by atoms with Gasteiger partial charge in [-0.2, -0.15) is 0 Å². The lowest BCUT2D eigenvalue weighted by Crippen LogP contribution is -2.29. The second-order valence-electron chi connectivity index (χ2n) is 6.45. The van der Waals surface area contributed by atoms with Gasteiger partial charge in [0.05, 0.1) is 18.0 Å². The van der Waals surface area contributed by atoms with Crippen molar-refractivity contribution in [2.24, 2.45) is 0 Å². The van der Waals surface area contributed by atoms with Crippen LogP contribution in [0, 0.1) is 0 Å². The Balaban J connectivity index is 1.38. The molecule has 148 valence electrons. The number of thiophene rings is 3. The van der Waals surface area contributed by atoms with Crippen LogP contribution >= 0.6 is 34.0 Å². The Bertz CT molecular complexity index is 791. The number of nitrogens with one attached hydrogen (secondary N) is 1. The quantitative estimate of drug-likeness (QED) is 0.413. The predicted octanol–water partition coefficient (Wildman–Crippen LogP) is 5.39. The van der Waals surface area contributed by atoms with Gasteiger partial charge < -0.3 is 10.2 Å². The van der Waals surface area contributed by atoms with Crippen LogP contribution in [0.1, 0.15) is 45.1 Å². The van der Waals surface area contributed by atoms with Crippen LogP contribution in [0.25, 0.3) is 0 Å². The third-order valence-electron chi connectivity index (χ3n) is 4.30. The summed E-state index contributed by atoms with van der Waals surface area (Å²) in [6.45, 7) is 2.00. The highest BCUT2D eigenvalue weighted by atomic mass is 32.1. The first-order valence-corrected chi connectivity index (χ1v) is 12.0. The van der Waals surface area contributed by atoms with E-state index < -0.39 is 0 Å². The Kier molecular flexibility index (Phi) is 8.26. The van der Waals surface area contributed by atoms with E-state index in [0.29, 0.717) is 26.1 Å². The molecule has 1 N–H and O–H groups in total. The molecule has 0 saturated carbocycles. The molecular formula is C21H24N2O2S3. The summed E-state index contributed by atoms with van der Waals surface area (Å²) < 4.78 is 0. The van der Waals surface area contributed by atoms with Crippen LogP contribution in [0.5, 0.6) is 0 Å². The van der Waals surface area contributed by atoms with Crippen LogP contribution < -0.4 is 5.32 Å². The van der Waals surface area contributed by atoms with Crippen molar-refractivity contribution in [2.45, 2.75) is 38.8 Å². The zero-order valence-electron chi connectivity index (χ0n) is 15.6. The van der Waals surface area contributed by atoms with E-state index in [4.69, 9.17) is 0 Å². The van der Waals surface area contributed by atoms with E-state index in [9.17, 15) is 9.59 Å². The van der Waals surface area contributed by atoms with Crippen LogP contribution in [0.3, 0.4) is 0 Å². The van der Waals surface area contributed by atoms with Crippen LogP contribution in [0.2, 0.25) is 0 Å². The second kappa shape index (κ2) is 11.1. The van der Waals surface area contributed by atoms with E-state index in [-0.39, 0.29) is 11.8 Å². The minimum atomic E-state index is -0.0100. The molecule has 3 aromatic heterocycles. The minimum Gasteiger partial charge on any atom is -0.351 e. The van der Waals surface area contributed by atoms with Crippen LogP contribution in [-0.2, 0) is 17.9 Å². The molecule has 0 bridgehead atoms. The van der Waals surface area contributed by atoms with Crippen LogP contribution in [0.15, 0.2) is 52.5 Å². The van der Waals surface area contributed by atoms with E-state index in [1.165, 1.54) is 21.1 Å². The van der Waals surface area contributed by atoms with Crippen molar-refractivity contribution >= 4 is 45.8 Å². The molecule has 0 aliphatic heterocycles. The maximum absolute atomic E-state index is 12.8. The monoisotopic (exact) mass is 432 g/mol. The van der Waals surface area contributed by atoms with Crippen molar-refractivity contribution in [2.75, 3.05) is 6.54 Å². The number of amides is 2. The standard InChI is InChI=1S/C21H24N2O2S3/c24-20(10-2-1-3-11-22-21(25)19-9-6-14-28-19)23(15-17-7-4-12-26-17)16-18-8-5-13-27-18/h4-9,12-14H,1-3,10-11,15-16H2,(H,22,25). The lowest BCUT2D eigenvalue weighted by atomic mass is 10.1. The molecule has 7 heteroatoms. The first-order valence-electron chi connectivity index (χ1n) is 9.36. The number of carbonyl (C=O) groups excluding carboxylic acids is 2. The van der Waals surface area contributed by atoms with Gasteiger partial charge >= 0.3 is 0 Å². The van der Waals surface area contributed by atoms with Crippen molar-refractivity contribution < 1.29 is 9.59 Å². The summed E-state index contributed by atoms with van der Waals surface area (Å²) in [4.78, 5) is 29.8. The Morgan fingerprint density at radius 1 is 0.821 bits per heavy atom. The number of hydrogen-bond donors (Lipinski definition) is 1. The lowest BCUT2D eigenvalue weighted by Gasteiger charge is -2.21. The molecule has 3 rings (SSSR count). The molecule has 0 aliphatic rings. The van der Waals surface area contributed by atoms with Crippen LogP contribution in [-0.4, -0.2) is 23.3 Å². The van der Waals surface area contributed by atoms with Gasteiger partial charge in [-0.25, -0.2) is 0 Å². The molecule has 0 fully saturated rings. The highest BCUT2D eigenvalue weighted by Crippen LogP contribution is 2.18. The van der Waals surface area contributed by atoms with Gasteiger partial charge in [-0.3, -0.25) is 9.59 Å². The first kappa shape index (κ1) is 20.8. The summed E-state index contributed by atoms with van der Waals surface area (Å²) >= 11 is 4.82. The van der Waals surface area contributed by atoms with Crippen LogP contribution in [0.4, 0.5) is 0 Å². The van der Waals surface area contributed by atoms with E-state index in [2.05, 4.69) is 17.4 Å². The van der Waals surface area contributed by atoms with Crippen molar-refractivity contribution in [3.63, 3.8) is 0 Å².